The Bertz CT molecular complexity index is 329. The summed E-state index contributed by atoms with van der Waals surface area (Å²) in [5.41, 5.74) is -0.226. The molecule has 0 radical (unpaired) electrons. The Kier molecular flexibility index (Phi) is 2.18. The van der Waals surface area contributed by atoms with Crippen LogP contribution in [0.3, 0.4) is 0 Å². The van der Waals surface area contributed by atoms with E-state index in [1.165, 1.54) is 6.92 Å². The van der Waals surface area contributed by atoms with E-state index >= 15 is 0 Å². The van der Waals surface area contributed by atoms with Crippen LogP contribution in [0.4, 0.5) is 0 Å². The first-order valence-corrected chi connectivity index (χ1v) is 3.19. The third kappa shape index (κ3) is 1.47. The third-order valence-corrected chi connectivity index (χ3v) is 1.16. The summed E-state index contributed by atoms with van der Waals surface area (Å²) >= 11 is 0. The van der Waals surface area contributed by atoms with Gasteiger partial charge in [-0.1, -0.05) is 10.3 Å². The molecule has 0 spiro atoms. The van der Waals surface area contributed by atoms with Crippen LogP contribution in [-0.4, -0.2) is 26.8 Å². The Morgan fingerprint density at radius 1 is 1.67 bits per heavy atom. The average molecular weight is 169 g/mol. The molecule has 0 atom stereocenters. The highest BCUT2D eigenvalue weighted by atomic mass is 16.5. The molecule has 0 aliphatic rings. The minimum Gasteiger partial charge on any atom is -0.410 e. The monoisotopic (exact) mass is 169 g/mol. The first-order valence-electron chi connectivity index (χ1n) is 3.19. The molecule has 1 heterocycles. The first-order chi connectivity index (χ1) is 5.65. The summed E-state index contributed by atoms with van der Waals surface area (Å²) in [5.74, 6) is -0.115. The molecule has 64 valence electrons. The van der Waals surface area contributed by atoms with E-state index in [-0.39, 0.29) is 11.6 Å². The second-order valence-corrected chi connectivity index (χ2v) is 2.15. The highest BCUT2D eigenvalue weighted by Crippen LogP contribution is 1.98. The van der Waals surface area contributed by atoms with E-state index in [2.05, 4.69) is 19.8 Å². The molecule has 1 aromatic heterocycles. The van der Waals surface area contributed by atoms with Crippen LogP contribution in [0, 0.1) is 6.92 Å². The summed E-state index contributed by atoms with van der Waals surface area (Å²) in [6.07, 6.45) is 0. The number of aromatic nitrogens is 2. The van der Waals surface area contributed by atoms with Gasteiger partial charge in [-0.3, -0.25) is 4.79 Å². The fourth-order valence-electron chi connectivity index (χ4n) is 0.657. The number of carbonyl (C=O) groups is 1. The first kappa shape index (κ1) is 8.38. The second-order valence-electron chi connectivity index (χ2n) is 2.15. The summed E-state index contributed by atoms with van der Waals surface area (Å²) in [4.78, 5) is 14.5. The van der Waals surface area contributed by atoms with Crippen LogP contribution in [0.2, 0.25) is 0 Å². The third-order valence-electron chi connectivity index (χ3n) is 1.16. The summed E-state index contributed by atoms with van der Waals surface area (Å²) in [7, 11) is 0. The number of oxime groups is 1. The Morgan fingerprint density at radius 2 is 2.33 bits per heavy atom. The topological polar surface area (TPSA) is 88.6 Å². The fourth-order valence-corrected chi connectivity index (χ4v) is 0.657. The number of nitrogens with zero attached hydrogens (tertiary/aromatic N) is 3. The molecule has 0 unspecified atom stereocenters. The Labute approximate surface area is 67.9 Å². The summed E-state index contributed by atoms with van der Waals surface area (Å²) < 4.78 is 4.61. The minimum absolute atomic E-state index is 0.0671. The van der Waals surface area contributed by atoms with Gasteiger partial charge in [-0.15, -0.1) is 0 Å². The molecule has 1 rings (SSSR count). The van der Waals surface area contributed by atoms with Crippen molar-refractivity contribution in [1.82, 2.24) is 10.1 Å². The summed E-state index contributed by atoms with van der Waals surface area (Å²) in [5, 5.41) is 14.6. The van der Waals surface area contributed by atoms with E-state index in [9.17, 15) is 4.79 Å². The lowest BCUT2D eigenvalue weighted by Crippen LogP contribution is -2.11. The molecule has 6 nitrogen and oxygen atoms in total. The Balaban J connectivity index is 3.04. The van der Waals surface area contributed by atoms with Crippen LogP contribution in [0.5, 0.6) is 0 Å². The quantitative estimate of drug-likeness (QED) is 0.386. The molecule has 1 N–H and O–H groups in total. The van der Waals surface area contributed by atoms with Crippen LogP contribution in [0.25, 0.3) is 0 Å². The molecular weight excluding hydrogens is 162 g/mol. The summed E-state index contributed by atoms with van der Waals surface area (Å²) in [6, 6.07) is 0. The van der Waals surface area contributed by atoms with Gasteiger partial charge in [0.2, 0.25) is 5.71 Å². The lowest BCUT2D eigenvalue weighted by Gasteiger charge is -1.89. The standard InChI is InChI=1S/C6H7N3O3/c1-3(10)5(8-11)6-7-4(2)9-12-6/h11H,1-2H3/b8-5+. The number of ketones is 1. The van der Waals surface area contributed by atoms with E-state index in [1.807, 2.05) is 0 Å². The second kappa shape index (κ2) is 3.12. The molecule has 0 aliphatic heterocycles. The molecule has 1 aromatic rings. The van der Waals surface area contributed by atoms with E-state index in [4.69, 9.17) is 5.21 Å². The van der Waals surface area contributed by atoms with Crippen LogP contribution in [0.15, 0.2) is 9.68 Å². The molecule has 0 saturated carbocycles. The zero-order valence-electron chi connectivity index (χ0n) is 6.61. The van der Waals surface area contributed by atoms with Crippen molar-refractivity contribution in [1.29, 1.82) is 0 Å². The molecule has 6 heteroatoms. The maximum Gasteiger partial charge on any atom is 0.283 e. The van der Waals surface area contributed by atoms with Gasteiger partial charge in [0.25, 0.3) is 5.89 Å². The molecule has 0 saturated heterocycles. The smallest absolute Gasteiger partial charge is 0.283 e. The molecule has 0 fully saturated rings. The number of Topliss-reactive ketones (excluding diaryl/α,β-unsaturated/α-hetero) is 1. The molecule has 0 bridgehead atoms. The highest BCUT2D eigenvalue weighted by Gasteiger charge is 2.16. The van der Waals surface area contributed by atoms with Gasteiger partial charge in [0.1, 0.15) is 0 Å². The van der Waals surface area contributed by atoms with Gasteiger partial charge in [0, 0.05) is 6.92 Å². The van der Waals surface area contributed by atoms with Crippen molar-refractivity contribution in [3.05, 3.63) is 11.7 Å². The van der Waals surface area contributed by atoms with Gasteiger partial charge >= 0.3 is 0 Å². The van der Waals surface area contributed by atoms with Crippen molar-refractivity contribution in [2.24, 2.45) is 5.16 Å². The molecule has 12 heavy (non-hydrogen) atoms. The summed E-state index contributed by atoms with van der Waals surface area (Å²) in [6.45, 7) is 2.84. The van der Waals surface area contributed by atoms with Crippen molar-refractivity contribution < 1.29 is 14.5 Å². The van der Waals surface area contributed by atoms with Gasteiger partial charge in [-0.05, 0) is 6.92 Å². The highest BCUT2D eigenvalue weighted by molar-refractivity contribution is 6.43. The van der Waals surface area contributed by atoms with Gasteiger partial charge < -0.3 is 9.73 Å². The van der Waals surface area contributed by atoms with Gasteiger partial charge in [-0.2, -0.15) is 4.98 Å². The van der Waals surface area contributed by atoms with Crippen molar-refractivity contribution in [2.75, 3.05) is 0 Å². The van der Waals surface area contributed by atoms with Crippen LogP contribution in [0.1, 0.15) is 18.6 Å². The number of rotatable bonds is 2. The SMILES string of the molecule is CC(=O)/C(=N\O)c1nc(C)no1. The predicted octanol–water partition coefficient (Wildman–Crippen LogP) is 0.145. The van der Waals surface area contributed by atoms with E-state index in [0.29, 0.717) is 5.82 Å². The van der Waals surface area contributed by atoms with Crippen molar-refractivity contribution >= 4 is 11.5 Å². The Hall–Kier alpha value is -1.72. The van der Waals surface area contributed by atoms with Crippen LogP contribution in [-0.2, 0) is 4.79 Å². The van der Waals surface area contributed by atoms with Crippen molar-refractivity contribution in [3.8, 4) is 0 Å². The molecule has 0 amide bonds. The van der Waals surface area contributed by atoms with Crippen molar-refractivity contribution in [2.45, 2.75) is 13.8 Å². The molecule has 0 aliphatic carbocycles. The maximum atomic E-state index is 10.8. The van der Waals surface area contributed by atoms with E-state index < -0.39 is 5.78 Å². The predicted molar refractivity (Wildman–Crippen MR) is 38.0 cm³/mol. The maximum absolute atomic E-state index is 10.8. The zero-order valence-corrected chi connectivity index (χ0v) is 6.61. The van der Waals surface area contributed by atoms with Crippen LogP contribution < -0.4 is 0 Å². The van der Waals surface area contributed by atoms with Gasteiger partial charge in [-0.25, -0.2) is 0 Å². The Morgan fingerprint density at radius 3 is 2.67 bits per heavy atom. The number of carbonyl (C=O) groups excluding carboxylic acids is 1. The van der Waals surface area contributed by atoms with Gasteiger partial charge in [0.05, 0.1) is 0 Å². The number of aryl methyl sites for hydroxylation is 1. The molecular formula is C6H7N3O3. The largest absolute Gasteiger partial charge is 0.410 e. The van der Waals surface area contributed by atoms with E-state index in [1.54, 1.807) is 6.92 Å². The lowest BCUT2D eigenvalue weighted by atomic mass is 10.3. The van der Waals surface area contributed by atoms with Gasteiger partial charge in [0.15, 0.2) is 11.6 Å². The average Bonchev–Trinajstić information content (AvgIpc) is 2.37. The fraction of sp³-hybridized carbons (Fsp3) is 0.333. The lowest BCUT2D eigenvalue weighted by molar-refractivity contribution is -0.111. The molecule has 0 aromatic carbocycles. The zero-order chi connectivity index (χ0) is 9.14. The van der Waals surface area contributed by atoms with Crippen LogP contribution >= 0.6 is 0 Å². The number of hydrogen-bond acceptors (Lipinski definition) is 6. The normalized spacial score (nSPS) is 11.7. The minimum atomic E-state index is -0.429. The van der Waals surface area contributed by atoms with E-state index in [0.717, 1.165) is 0 Å². The van der Waals surface area contributed by atoms with Crippen molar-refractivity contribution in [3.63, 3.8) is 0 Å². The number of hydrogen-bond donors (Lipinski definition) is 1.